The summed E-state index contributed by atoms with van der Waals surface area (Å²) in [5.74, 6) is -0.168. The Bertz CT molecular complexity index is 512. The van der Waals surface area contributed by atoms with Gasteiger partial charge >= 0.3 is 0 Å². The van der Waals surface area contributed by atoms with Gasteiger partial charge in [0.2, 0.25) is 5.78 Å². The van der Waals surface area contributed by atoms with Crippen molar-refractivity contribution in [3.63, 3.8) is 0 Å². The largest absolute Gasteiger partial charge is 0.284 e. The summed E-state index contributed by atoms with van der Waals surface area (Å²) in [4.78, 5) is 20.0. The maximum Gasteiger partial charge on any atom is 0.241 e. The average molecular weight is 348 g/mol. The Morgan fingerprint density at radius 2 is 2.20 bits per heavy atom. The second-order valence-corrected chi connectivity index (χ2v) is 5.16. The third kappa shape index (κ3) is 2.32. The summed E-state index contributed by atoms with van der Waals surface area (Å²) >= 11 is 7.78. The van der Waals surface area contributed by atoms with E-state index in [-0.39, 0.29) is 5.78 Å². The lowest BCUT2D eigenvalue weighted by molar-refractivity contribution is 0.103. The monoisotopic (exact) mass is 346 g/mol. The molecule has 0 N–H and O–H groups in total. The number of rotatable bonds is 2. The molecule has 0 aromatic carbocycles. The van der Waals surface area contributed by atoms with Crippen LogP contribution in [0.25, 0.3) is 0 Å². The van der Waals surface area contributed by atoms with Gasteiger partial charge in [-0.05, 0) is 44.0 Å². The van der Waals surface area contributed by atoms with Gasteiger partial charge in [0.15, 0.2) is 5.01 Å². The van der Waals surface area contributed by atoms with Crippen molar-refractivity contribution in [1.82, 2.24) is 9.97 Å². The number of nitrogens with zero attached hydrogens (tertiary/aromatic N) is 2. The van der Waals surface area contributed by atoms with Gasteiger partial charge in [-0.25, -0.2) is 4.98 Å². The first-order valence-corrected chi connectivity index (χ1v) is 6.41. The number of carbonyl (C=O) groups excluding carboxylic acids is 1. The summed E-state index contributed by atoms with van der Waals surface area (Å²) in [6.07, 6.45) is 1.58. The minimum Gasteiger partial charge on any atom is -0.284 e. The van der Waals surface area contributed by atoms with Crippen LogP contribution in [0.1, 0.15) is 15.5 Å². The van der Waals surface area contributed by atoms with Crippen LogP contribution in [0.5, 0.6) is 0 Å². The van der Waals surface area contributed by atoms with Gasteiger partial charge in [0.1, 0.15) is 10.3 Å². The lowest BCUT2D eigenvalue weighted by atomic mass is 10.2. The van der Waals surface area contributed by atoms with E-state index in [2.05, 4.69) is 41.8 Å². The fourth-order valence-corrected chi connectivity index (χ4v) is 2.64. The lowest BCUT2D eigenvalue weighted by Gasteiger charge is -1.98. The Labute approximate surface area is 107 Å². The van der Waals surface area contributed by atoms with Crippen LogP contribution in [-0.2, 0) is 0 Å². The normalized spacial score (nSPS) is 10.3. The number of ketones is 1. The molecule has 0 saturated heterocycles. The van der Waals surface area contributed by atoms with Crippen molar-refractivity contribution >= 4 is 49.0 Å². The SMILES string of the molecule is O=C(c1nc(Br)cs1)c1ncccc1Br. The summed E-state index contributed by atoms with van der Waals surface area (Å²) < 4.78 is 1.35. The molecule has 0 aliphatic rings. The summed E-state index contributed by atoms with van der Waals surface area (Å²) in [6.45, 7) is 0. The highest BCUT2D eigenvalue weighted by atomic mass is 79.9. The van der Waals surface area contributed by atoms with Crippen molar-refractivity contribution in [2.45, 2.75) is 0 Å². The highest BCUT2D eigenvalue weighted by Crippen LogP contribution is 2.21. The molecule has 0 amide bonds. The molecule has 0 fully saturated rings. The van der Waals surface area contributed by atoms with Gasteiger partial charge in [0.05, 0.1) is 0 Å². The molecular formula is C9H4Br2N2OS. The van der Waals surface area contributed by atoms with Gasteiger partial charge in [-0.2, -0.15) is 0 Å². The van der Waals surface area contributed by atoms with Gasteiger partial charge in [0, 0.05) is 16.0 Å². The predicted molar refractivity (Wildman–Crippen MR) is 65.2 cm³/mol. The van der Waals surface area contributed by atoms with Crippen molar-refractivity contribution in [2.24, 2.45) is 0 Å². The zero-order valence-corrected chi connectivity index (χ0v) is 11.3. The molecule has 76 valence electrons. The molecule has 0 unspecified atom stereocenters. The molecule has 2 aromatic rings. The highest BCUT2D eigenvalue weighted by molar-refractivity contribution is 9.10. The van der Waals surface area contributed by atoms with E-state index in [1.54, 1.807) is 23.7 Å². The smallest absolute Gasteiger partial charge is 0.241 e. The summed E-state index contributed by atoms with van der Waals surface area (Å²) in [6, 6.07) is 3.54. The van der Waals surface area contributed by atoms with Gasteiger partial charge < -0.3 is 0 Å². The predicted octanol–water partition coefficient (Wildman–Crippen LogP) is 3.29. The third-order valence-electron chi connectivity index (χ3n) is 1.64. The number of thiazole rings is 1. The van der Waals surface area contributed by atoms with Gasteiger partial charge in [-0.1, -0.05) is 0 Å². The maximum absolute atomic E-state index is 11.9. The van der Waals surface area contributed by atoms with Crippen LogP contribution in [0.3, 0.4) is 0 Å². The molecule has 0 spiro atoms. The van der Waals surface area contributed by atoms with E-state index in [1.165, 1.54) is 11.3 Å². The van der Waals surface area contributed by atoms with Crippen molar-refractivity contribution in [3.05, 3.63) is 43.5 Å². The molecule has 6 heteroatoms. The molecule has 15 heavy (non-hydrogen) atoms. The van der Waals surface area contributed by atoms with Crippen LogP contribution in [0.4, 0.5) is 0 Å². The summed E-state index contributed by atoms with van der Waals surface area (Å²) in [7, 11) is 0. The third-order valence-corrected chi connectivity index (χ3v) is 3.83. The van der Waals surface area contributed by atoms with Crippen molar-refractivity contribution in [3.8, 4) is 0 Å². The zero-order valence-electron chi connectivity index (χ0n) is 7.28. The zero-order chi connectivity index (χ0) is 10.8. The minimum absolute atomic E-state index is 0.168. The molecular weight excluding hydrogens is 344 g/mol. The molecule has 0 radical (unpaired) electrons. The Morgan fingerprint density at radius 3 is 2.80 bits per heavy atom. The highest BCUT2D eigenvalue weighted by Gasteiger charge is 2.16. The fourth-order valence-electron chi connectivity index (χ4n) is 1.01. The molecule has 2 heterocycles. The van der Waals surface area contributed by atoms with Crippen molar-refractivity contribution < 1.29 is 4.79 Å². The minimum atomic E-state index is -0.168. The van der Waals surface area contributed by atoms with Crippen LogP contribution in [0.15, 0.2) is 32.8 Å². The lowest BCUT2D eigenvalue weighted by Crippen LogP contribution is -2.04. The van der Waals surface area contributed by atoms with Gasteiger partial charge in [-0.15, -0.1) is 11.3 Å². The number of hydrogen-bond donors (Lipinski definition) is 0. The molecule has 0 saturated carbocycles. The van der Waals surface area contributed by atoms with Gasteiger partial charge in [-0.3, -0.25) is 9.78 Å². The van der Waals surface area contributed by atoms with E-state index >= 15 is 0 Å². The number of aromatic nitrogens is 2. The summed E-state index contributed by atoms with van der Waals surface area (Å²) in [5, 5.41) is 2.20. The molecule has 0 atom stereocenters. The number of pyridine rings is 1. The molecule has 2 rings (SSSR count). The number of halogens is 2. The van der Waals surface area contributed by atoms with E-state index in [9.17, 15) is 4.79 Å². The second kappa shape index (κ2) is 4.51. The van der Waals surface area contributed by atoms with Crippen LogP contribution in [-0.4, -0.2) is 15.8 Å². The molecule has 0 aliphatic heterocycles. The Balaban J connectivity index is 2.41. The van der Waals surface area contributed by atoms with E-state index in [1.807, 2.05) is 0 Å². The van der Waals surface area contributed by atoms with Crippen LogP contribution in [0, 0.1) is 0 Å². The quantitative estimate of drug-likeness (QED) is 0.783. The standard InChI is InChI=1S/C9H4Br2N2OS/c10-5-2-1-3-12-7(5)8(14)9-13-6(11)4-15-9/h1-4H. The first kappa shape index (κ1) is 10.9. The topological polar surface area (TPSA) is 42.9 Å². The van der Waals surface area contributed by atoms with E-state index < -0.39 is 0 Å². The second-order valence-electron chi connectivity index (χ2n) is 2.64. The first-order chi connectivity index (χ1) is 7.18. The Hall–Kier alpha value is -0.590. The number of carbonyl (C=O) groups is 1. The van der Waals surface area contributed by atoms with Crippen molar-refractivity contribution in [2.75, 3.05) is 0 Å². The maximum atomic E-state index is 11.9. The summed E-state index contributed by atoms with van der Waals surface area (Å²) in [5.41, 5.74) is 0.388. The van der Waals surface area contributed by atoms with Crippen LogP contribution in [0.2, 0.25) is 0 Å². The van der Waals surface area contributed by atoms with Gasteiger partial charge in [0.25, 0.3) is 0 Å². The van der Waals surface area contributed by atoms with E-state index in [0.717, 1.165) is 0 Å². The van der Waals surface area contributed by atoms with E-state index in [0.29, 0.717) is 19.8 Å². The average Bonchev–Trinajstić information content (AvgIpc) is 2.65. The Kier molecular flexibility index (Phi) is 3.28. The fraction of sp³-hybridized carbons (Fsp3) is 0. The van der Waals surface area contributed by atoms with Crippen molar-refractivity contribution in [1.29, 1.82) is 0 Å². The first-order valence-electron chi connectivity index (χ1n) is 3.94. The Morgan fingerprint density at radius 1 is 1.40 bits per heavy atom. The van der Waals surface area contributed by atoms with E-state index in [4.69, 9.17) is 0 Å². The molecule has 0 aliphatic carbocycles. The van der Waals surface area contributed by atoms with Crippen LogP contribution < -0.4 is 0 Å². The molecule has 2 aromatic heterocycles. The van der Waals surface area contributed by atoms with Crippen LogP contribution >= 0.6 is 43.2 Å². The number of hydrogen-bond acceptors (Lipinski definition) is 4. The molecule has 3 nitrogen and oxygen atoms in total. The molecule has 0 bridgehead atoms.